The van der Waals surface area contributed by atoms with E-state index in [1.165, 1.54) is 143 Å². The molecule has 2 heteroatoms. The molecule has 76 heavy (non-hydrogen) atoms. The van der Waals surface area contributed by atoms with E-state index in [4.69, 9.17) is 0 Å². The molecular weight excluding hydrogens is 917 g/mol. The molecular formula is C74H88N2. The molecule has 0 fully saturated rings. The molecule has 0 aliphatic heterocycles. The highest BCUT2D eigenvalue weighted by molar-refractivity contribution is 6.45. The molecule has 0 amide bonds. The van der Waals surface area contributed by atoms with Gasteiger partial charge in [-0.05, 0) is 134 Å². The zero-order chi connectivity index (χ0) is 55.5. The Morgan fingerprint density at radius 1 is 0.237 bits per heavy atom. The quantitative estimate of drug-likeness (QED) is 0.163. The van der Waals surface area contributed by atoms with Crippen LogP contribution in [-0.4, -0.2) is 8.80 Å². The third-order valence-corrected chi connectivity index (χ3v) is 17.4. The zero-order valence-corrected chi connectivity index (χ0v) is 51.1. The fourth-order valence-corrected chi connectivity index (χ4v) is 13.3. The molecule has 0 atom stereocenters. The summed E-state index contributed by atoms with van der Waals surface area (Å²) in [6.45, 7) is 57.4. The summed E-state index contributed by atoms with van der Waals surface area (Å²) in [5.74, 6) is 0. The maximum atomic E-state index is 2.72. The van der Waals surface area contributed by atoms with E-state index in [9.17, 15) is 0 Å². The van der Waals surface area contributed by atoms with Crippen LogP contribution in [0.2, 0.25) is 0 Å². The van der Waals surface area contributed by atoms with Crippen molar-refractivity contribution in [2.45, 2.75) is 209 Å². The van der Waals surface area contributed by atoms with Crippen LogP contribution in [-0.2, 0) is 43.3 Å². The van der Waals surface area contributed by atoms with Gasteiger partial charge in [-0.2, -0.15) is 0 Å². The summed E-state index contributed by atoms with van der Waals surface area (Å²) in [6.07, 6.45) is 0. The number of nitrogens with zero attached hydrogens (tertiary/aromatic N) is 2. The van der Waals surface area contributed by atoms with Crippen LogP contribution in [0.15, 0.2) is 97.1 Å². The highest BCUT2D eigenvalue weighted by Gasteiger charge is 2.37. The summed E-state index contributed by atoms with van der Waals surface area (Å²) >= 11 is 0. The Morgan fingerprint density at radius 3 is 0.803 bits per heavy atom. The minimum absolute atomic E-state index is 0.00340. The minimum atomic E-state index is -0.147. The molecule has 2 nitrogen and oxygen atoms in total. The van der Waals surface area contributed by atoms with Gasteiger partial charge < -0.3 is 8.80 Å². The second kappa shape index (κ2) is 15.9. The first-order valence-electron chi connectivity index (χ1n) is 28.6. The van der Waals surface area contributed by atoms with E-state index >= 15 is 0 Å². The second-order valence-electron chi connectivity index (χ2n) is 31.7. The number of hydrogen-bond donors (Lipinski definition) is 0. The van der Waals surface area contributed by atoms with Crippen molar-refractivity contribution in [1.82, 2.24) is 8.80 Å². The first kappa shape index (κ1) is 52.2. The van der Waals surface area contributed by atoms with Crippen LogP contribution in [0.4, 0.5) is 0 Å². The average molecular weight is 1010 g/mol. The van der Waals surface area contributed by atoms with Crippen LogP contribution in [0.3, 0.4) is 0 Å². The predicted molar refractivity (Wildman–Crippen MR) is 336 cm³/mol. The predicted octanol–water partition coefficient (Wildman–Crippen LogP) is 21.7. The largest absolute Gasteiger partial charge is 0.308 e. The van der Waals surface area contributed by atoms with E-state index in [0.717, 1.165) is 0 Å². The van der Waals surface area contributed by atoms with Crippen molar-refractivity contribution in [3.63, 3.8) is 0 Å². The van der Waals surface area contributed by atoms with Crippen molar-refractivity contribution < 1.29 is 0 Å². The van der Waals surface area contributed by atoms with Gasteiger partial charge in [0, 0.05) is 43.1 Å². The monoisotopic (exact) mass is 1000 g/mol. The molecule has 4 heterocycles. The Kier molecular flexibility index (Phi) is 10.9. The second-order valence-corrected chi connectivity index (χ2v) is 31.7. The Bertz CT molecular complexity index is 3850. The number of benzene rings is 7. The summed E-state index contributed by atoms with van der Waals surface area (Å²) < 4.78 is 5.45. The van der Waals surface area contributed by atoms with Gasteiger partial charge in [0.1, 0.15) is 0 Å². The maximum Gasteiger partial charge on any atom is 0.0634 e. The summed E-state index contributed by atoms with van der Waals surface area (Å²) in [5, 5.41) is 11.0. The molecule has 394 valence electrons. The van der Waals surface area contributed by atoms with Crippen molar-refractivity contribution >= 4 is 76.2 Å². The molecule has 0 aliphatic rings. The van der Waals surface area contributed by atoms with Gasteiger partial charge in [-0.1, -0.05) is 239 Å². The topological polar surface area (TPSA) is 8.82 Å². The van der Waals surface area contributed by atoms with Crippen LogP contribution in [0.5, 0.6) is 0 Å². The summed E-state index contributed by atoms with van der Waals surface area (Å²) in [5.41, 5.74) is 23.8. The van der Waals surface area contributed by atoms with Crippen molar-refractivity contribution in [3.05, 3.63) is 142 Å². The van der Waals surface area contributed by atoms with Crippen molar-refractivity contribution in [1.29, 1.82) is 0 Å². The Morgan fingerprint density at radius 2 is 0.539 bits per heavy atom. The molecule has 0 aliphatic carbocycles. The first-order chi connectivity index (χ1) is 34.8. The molecule has 7 aromatic carbocycles. The van der Waals surface area contributed by atoms with Gasteiger partial charge in [-0.25, -0.2) is 0 Å². The van der Waals surface area contributed by atoms with E-state index in [2.05, 4.69) is 272 Å². The van der Waals surface area contributed by atoms with Gasteiger partial charge in [-0.15, -0.1) is 0 Å². The molecule has 0 radical (unpaired) electrons. The zero-order valence-electron chi connectivity index (χ0n) is 51.1. The van der Waals surface area contributed by atoms with Gasteiger partial charge in [0.25, 0.3) is 0 Å². The van der Waals surface area contributed by atoms with E-state index in [1.54, 1.807) is 0 Å². The number of aromatic nitrogens is 2. The third-order valence-electron chi connectivity index (χ3n) is 17.4. The lowest BCUT2D eigenvalue weighted by Crippen LogP contribution is -2.22. The lowest BCUT2D eigenvalue weighted by Gasteiger charge is -2.31. The van der Waals surface area contributed by atoms with E-state index < -0.39 is 0 Å². The fourth-order valence-electron chi connectivity index (χ4n) is 13.3. The number of fused-ring (bicyclic) bond motifs is 14. The molecule has 0 saturated carbocycles. The third kappa shape index (κ3) is 7.82. The Balaban J connectivity index is 1.43. The lowest BCUT2D eigenvalue weighted by molar-refractivity contribution is 0.535. The minimum Gasteiger partial charge on any atom is -0.308 e. The summed E-state index contributed by atoms with van der Waals surface area (Å²) in [6, 6.07) is 39.7. The van der Waals surface area contributed by atoms with Crippen molar-refractivity contribution in [2.24, 2.45) is 0 Å². The van der Waals surface area contributed by atoms with Gasteiger partial charge in [0.05, 0.1) is 33.1 Å². The molecule has 0 spiro atoms. The number of hydrogen-bond acceptors (Lipinski definition) is 0. The van der Waals surface area contributed by atoms with Crippen molar-refractivity contribution in [3.8, 4) is 22.3 Å². The van der Waals surface area contributed by atoms with Gasteiger partial charge in [0.15, 0.2) is 0 Å². The Labute approximate surface area is 456 Å². The smallest absolute Gasteiger partial charge is 0.0634 e. The van der Waals surface area contributed by atoms with Gasteiger partial charge in [-0.3, -0.25) is 0 Å². The van der Waals surface area contributed by atoms with E-state index in [0.29, 0.717) is 0 Å². The SMILES string of the molecule is CC(C)(C)c1cc(-c2ccc3c4c5c6c(C(C)(C)C)c(C(C)(C)C)ccc6n6c7cc(-c8cc(C(C)(C)C)cc(C(C)(C)C)c8)ccc7c(c7c8c(C(C)(C)C)c(C(C)(C)C)ccc8n(c3c2)c47)c56)cc(C(C)(C)C)c1. The standard InChI is InChI=1S/C74H88N2/c1-67(2,3)45-33-43(34-46(39-45)68(4,5)6)41-25-27-49-55(37-41)75-53-31-29-51(71(13,14)15)63(73(19,20)21)59(53)62-58-50-28-26-42(44-35-47(69(7,8)9)40-48(36-44)70(10,11)12)38-56(50)76-54-32-30-52(72(16,17)18)64(74(22,23)24)60(54)61(66(58)76)57(49)65(62)75/h25-40H,1-24H3. The molecule has 11 aromatic rings. The van der Waals surface area contributed by atoms with Crippen LogP contribution >= 0.6 is 0 Å². The van der Waals surface area contributed by atoms with Crippen molar-refractivity contribution in [2.75, 3.05) is 0 Å². The first-order valence-corrected chi connectivity index (χ1v) is 28.6. The Hall–Kier alpha value is -5.86. The average Bonchev–Trinajstić information content (AvgIpc) is 4.23. The highest BCUT2D eigenvalue weighted by Crippen LogP contribution is 2.56. The molecule has 11 rings (SSSR count). The number of rotatable bonds is 2. The van der Waals surface area contributed by atoms with Crippen LogP contribution < -0.4 is 0 Å². The van der Waals surface area contributed by atoms with Gasteiger partial charge >= 0.3 is 0 Å². The summed E-state index contributed by atoms with van der Waals surface area (Å²) in [7, 11) is 0. The van der Waals surface area contributed by atoms with E-state index in [-0.39, 0.29) is 43.3 Å². The van der Waals surface area contributed by atoms with Crippen LogP contribution in [0.25, 0.3) is 98.4 Å². The normalized spacial score (nSPS) is 14.3. The molecule has 0 N–H and O–H groups in total. The fraction of sp³-hybridized carbons (Fsp3) is 0.432. The molecule has 4 aromatic heterocycles. The highest BCUT2D eigenvalue weighted by atomic mass is 14.9. The lowest BCUT2D eigenvalue weighted by atomic mass is 9.73. The van der Waals surface area contributed by atoms with E-state index in [1.807, 2.05) is 0 Å². The van der Waals surface area contributed by atoms with Gasteiger partial charge in [0.2, 0.25) is 0 Å². The van der Waals surface area contributed by atoms with Crippen LogP contribution in [0, 0.1) is 0 Å². The maximum absolute atomic E-state index is 2.72. The van der Waals surface area contributed by atoms with Crippen LogP contribution in [0.1, 0.15) is 211 Å². The molecule has 0 saturated heterocycles. The molecule has 0 bridgehead atoms. The summed E-state index contributed by atoms with van der Waals surface area (Å²) in [4.78, 5) is 0. The molecule has 0 unspecified atom stereocenters.